The SMILES string of the molecule is Cc1nc(-c2ccco2)nc2sc(C(=O)NCc3nc4ccccc4n3C)c(C)c12. The van der Waals surface area contributed by atoms with Crippen LogP contribution in [0.25, 0.3) is 32.8 Å². The van der Waals surface area contributed by atoms with E-state index in [0.29, 0.717) is 23.0 Å². The number of hydrogen-bond donors (Lipinski definition) is 1. The summed E-state index contributed by atoms with van der Waals surface area (Å²) < 4.78 is 7.42. The Kier molecular flexibility index (Phi) is 4.36. The maximum absolute atomic E-state index is 13.0. The van der Waals surface area contributed by atoms with Crippen molar-refractivity contribution in [3.8, 4) is 11.6 Å². The first kappa shape index (κ1) is 18.5. The van der Waals surface area contributed by atoms with E-state index in [1.807, 2.05) is 55.8 Å². The minimum absolute atomic E-state index is 0.137. The van der Waals surface area contributed by atoms with Gasteiger partial charge in [-0.25, -0.2) is 15.0 Å². The molecule has 1 aromatic carbocycles. The number of furan rings is 1. The zero-order chi connectivity index (χ0) is 20.8. The van der Waals surface area contributed by atoms with Crippen molar-refractivity contribution in [3.05, 3.63) is 64.6 Å². The van der Waals surface area contributed by atoms with Gasteiger partial charge in [-0.15, -0.1) is 11.3 Å². The summed E-state index contributed by atoms with van der Waals surface area (Å²) in [4.78, 5) is 28.2. The first-order valence-corrected chi connectivity index (χ1v) is 10.3. The highest BCUT2D eigenvalue weighted by Gasteiger charge is 2.20. The maximum Gasteiger partial charge on any atom is 0.262 e. The van der Waals surface area contributed by atoms with E-state index in [0.717, 1.165) is 38.3 Å². The zero-order valence-electron chi connectivity index (χ0n) is 16.8. The molecule has 0 spiro atoms. The lowest BCUT2D eigenvalue weighted by Gasteiger charge is -2.05. The minimum atomic E-state index is -0.137. The van der Waals surface area contributed by atoms with Gasteiger partial charge in [0.05, 0.1) is 34.4 Å². The number of carbonyl (C=O) groups is 1. The fraction of sp³-hybridized carbons (Fsp3) is 0.182. The Morgan fingerprint density at radius 2 is 1.97 bits per heavy atom. The molecule has 0 aliphatic carbocycles. The Labute approximate surface area is 176 Å². The molecule has 0 saturated heterocycles. The second-order valence-corrected chi connectivity index (χ2v) is 8.10. The number of thiophene rings is 1. The van der Waals surface area contributed by atoms with Crippen molar-refractivity contribution in [2.75, 3.05) is 0 Å². The summed E-state index contributed by atoms with van der Waals surface area (Å²) in [5.74, 6) is 1.80. The van der Waals surface area contributed by atoms with Crippen LogP contribution in [0.3, 0.4) is 0 Å². The molecule has 5 rings (SSSR count). The van der Waals surface area contributed by atoms with Crippen LogP contribution >= 0.6 is 11.3 Å². The van der Waals surface area contributed by atoms with Gasteiger partial charge in [-0.2, -0.15) is 0 Å². The third-order valence-corrected chi connectivity index (χ3v) is 6.39. The number of amides is 1. The molecule has 4 aromatic heterocycles. The van der Waals surface area contributed by atoms with Crippen LogP contribution in [0.15, 0.2) is 47.1 Å². The molecular formula is C22H19N5O2S. The van der Waals surface area contributed by atoms with E-state index < -0.39 is 0 Å². The average molecular weight is 417 g/mol. The van der Waals surface area contributed by atoms with Gasteiger partial charge in [0.15, 0.2) is 11.6 Å². The summed E-state index contributed by atoms with van der Waals surface area (Å²) in [6.45, 7) is 4.21. The summed E-state index contributed by atoms with van der Waals surface area (Å²) in [6, 6.07) is 11.5. The van der Waals surface area contributed by atoms with E-state index in [2.05, 4.69) is 20.3 Å². The van der Waals surface area contributed by atoms with Crippen molar-refractivity contribution in [2.24, 2.45) is 7.05 Å². The number of rotatable bonds is 4. The largest absolute Gasteiger partial charge is 0.461 e. The van der Waals surface area contributed by atoms with Crippen molar-refractivity contribution in [1.82, 2.24) is 24.8 Å². The third kappa shape index (κ3) is 2.96. The number of aryl methyl sites for hydroxylation is 3. The number of para-hydroxylation sites is 2. The maximum atomic E-state index is 13.0. The zero-order valence-corrected chi connectivity index (χ0v) is 17.6. The van der Waals surface area contributed by atoms with Gasteiger partial charge in [0.2, 0.25) is 0 Å². The van der Waals surface area contributed by atoms with Crippen molar-refractivity contribution < 1.29 is 9.21 Å². The molecule has 0 radical (unpaired) electrons. The molecule has 8 heteroatoms. The standard InChI is InChI=1S/C22H19N5O2S/c1-12-18-13(2)24-20(16-9-6-10-29-16)26-22(18)30-19(12)21(28)23-11-17-25-14-7-4-5-8-15(14)27(17)3/h4-10H,11H2,1-3H3,(H,23,28). The van der Waals surface area contributed by atoms with E-state index in [1.54, 1.807) is 12.3 Å². The Balaban J connectivity index is 1.45. The van der Waals surface area contributed by atoms with Crippen LogP contribution in [0.4, 0.5) is 0 Å². The number of imidazole rings is 1. The summed E-state index contributed by atoms with van der Waals surface area (Å²) in [5.41, 5.74) is 3.67. The van der Waals surface area contributed by atoms with Crippen LogP contribution in [0.1, 0.15) is 26.8 Å². The highest BCUT2D eigenvalue weighted by Crippen LogP contribution is 2.33. The summed E-state index contributed by atoms with van der Waals surface area (Å²) in [6.07, 6.45) is 1.60. The smallest absolute Gasteiger partial charge is 0.262 e. The number of hydrogen-bond acceptors (Lipinski definition) is 6. The first-order chi connectivity index (χ1) is 14.5. The Bertz CT molecular complexity index is 1400. The van der Waals surface area contributed by atoms with Gasteiger partial charge < -0.3 is 14.3 Å². The number of carbonyl (C=O) groups excluding carboxylic acids is 1. The number of benzene rings is 1. The number of aromatic nitrogens is 4. The molecular weight excluding hydrogens is 398 g/mol. The molecule has 0 aliphatic heterocycles. The van der Waals surface area contributed by atoms with Gasteiger partial charge >= 0.3 is 0 Å². The number of nitrogens with one attached hydrogen (secondary N) is 1. The predicted molar refractivity (Wildman–Crippen MR) is 116 cm³/mol. The molecule has 4 heterocycles. The lowest BCUT2D eigenvalue weighted by Crippen LogP contribution is -2.24. The van der Waals surface area contributed by atoms with Crippen molar-refractivity contribution >= 4 is 38.5 Å². The predicted octanol–water partition coefficient (Wildman–Crippen LogP) is 4.38. The fourth-order valence-corrected chi connectivity index (χ4v) is 4.81. The van der Waals surface area contributed by atoms with Crippen LogP contribution < -0.4 is 5.32 Å². The van der Waals surface area contributed by atoms with Crippen LogP contribution in [-0.4, -0.2) is 25.4 Å². The highest BCUT2D eigenvalue weighted by molar-refractivity contribution is 7.20. The van der Waals surface area contributed by atoms with Crippen LogP contribution in [0, 0.1) is 13.8 Å². The van der Waals surface area contributed by atoms with Crippen LogP contribution in [-0.2, 0) is 13.6 Å². The Morgan fingerprint density at radius 3 is 2.73 bits per heavy atom. The second-order valence-electron chi connectivity index (χ2n) is 7.10. The van der Waals surface area contributed by atoms with E-state index in [-0.39, 0.29) is 5.91 Å². The van der Waals surface area contributed by atoms with Gasteiger partial charge in [0.1, 0.15) is 10.7 Å². The molecule has 0 saturated carbocycles. The van der Waals surface area contributed by atoms with Gasteiger partial charge in [0, 0.05) is 12.4 Å². The van der Waals surface area contributed by atoms with Gasteiger partial charge in [0.25, 0.3) is 5.91 Å². The molecule has 1 amide bonds. The molecule has 30 heavy (non-hydrogen) atoms. The van der Waals surface area contributed by atoms with Gasteiger partial charge in [-0.3, -0.25) is 4.79 Å². The Hall–Kier alpha value is -3.52. The monoisotopic (exact) mass is 417 g/mol. The van der Waals surface area contributed by atoms with Crippen LogP contribution in [0.2, 0.25) is 0 Å². The molecule has 0 bridgehead atoms. The van der Waals surface area contributed by atoms with Gasteiger partial charge in [-0.05, 0) is 43.7 Å². The summed E-state index contributed by atoms with van der Waals surface area (Å²) in [5, 5.41) is 3.92. The summed E-state index contributed by atoms with van der Waals surface area (Å²) >= 11 is 1.37. The van der Waals surface area contributed by atoms with Crippen molar-refractivity contribution in [3.63, 3.8) is 0 Å². The van der Waals surface area contributed by atoms with E-state index in [9.17, 15) is 4.79 Å². The fourth-order valence-electron chi connectivity index (χ4n) is 3.66. The third-order valence-electron chi connectivity index (χ3n) is 5.21. The molecule has 0 unspecified atom stereocenters. The first-order valence-electron chi connectivity index (χ1n) is 9.53. The molecule has 5 aromatic rings. The van der Waals surface area contributed by atoms with Crippen molar-refractivity contribution in [1.29, 1.82) is 0 Å². The van der Waals surface area contributed by atoms with Gasteiger partial charge in [-0.1, -0.05) is 12.1 Å². The molecule has 150 valence electrons. The normalized spacial score (nSPS) is 11.4. The molecule has 0 atom stereocenters. The molecule has 0 fully saturated rings. The second kappa shape index (κ2) is 7.07. The Morgan fingerprint density at radius 1 is 1.13 bits per heavy atom. The quantitative estimate of drug-likeness (QED) is 0.469. The van der Waals surface area contributed by atoms with E-state index >= 15 is 0 Å². The highest BCUT2D eigenvalue weighted by atomic mass is 32.1. The number of fused-ring (bicyclic) bond motifs is 2. The lowest BCUT2D eigenvalue weighted by molar-refractivity contribution is 0.0953. The topological polar surface area (TPSA) is 85.8 Å². The summed E-state index contributed by atoms with van der Waals surface area (Å²) in [7, 11) is 1.95. The minimum Gasteiger partial charge on any atom is -0.461 e. The van der Waals surface area contributed by atoms with Crippen LogP contribution in [0.5, 0.6) is 0 Å². The molecule has 0 aliphatic rings. The van der Waals surface area contributed by atoms with E-state index in [1.165, 1.54) is 11.3 Å². The molecule has 1 N–H and O–H groups in total. The molecule has 7 nitrogen and oxygen atoms in total. The number of nitrogens with zero attached hydrogens (tertiary/aromatic N) is 4. The van der Waals surface area contributed by atoms with E-state index in [4.69, 9.17) is 4.42 Å². The average Bonchev–Trinajstić information content (AvgIpc) is 3.45. The van der Waals surface area contributed by atoms with Crippen molar-refractivity contribution in [2.45, 2.75) is 20.4 Å². The lowest BCUT2D eigenvalue weighted by atomic mass is 10.1.